The first-order valence-corrected chi connectivity index (χ1v) is 9.56. The van der Waals surface area contributed by atoms with Crippen LogP contribution in [0, 0.1) is 15.4 Å². The zero-order valence-corrected chi connectivity index (χ0v) is 16.2. The van der Waals surface area contributed by atoms with Crippen LogP contribution in [0.4, 0.5) is 0 Å². The standard InChI is InChI=1S/C20H18IN3O/c1-2-3-5-14-10-15-12-23-24(17-7-8-17)19(15)11-16(14)13-25-20-18(21)6-4-9-22-20/h4,6,9-12,17H,2,7-8,13H2,1H3. The first-order chi connectivity index (χ1) is 12.3. The molecule has 0 saturated heterocycles. The normalized spacial score (nSPS) is 13.5. The Hall–Kier alpha value is -2.07. The molecule has 25 heavy (non-hydrogen) atoms. The minimum absolute atomic E-state index is 0.451. The van der Waals surface area contributed by atoms with Crippen molar-refractivity contribution in [2.45, 2.75) is 38.8 Å². The smallest absolute Gasteiger partial charge is 0.227 e. The molecule has 1 aromatic carbocycles. The summed E-state index contributed by atoms with van der Waals surface area (Å²) < 4.78 is 9.11. The summed E-state index contributed by atoms with van der Waals surface area (Å²) in [6.07, 6.45) is 6.95. The molecular weight excluding hydrogens is 425 g/mol. The van der Waals surface area contributed by atoms with E-state index in [4.69, 9.17) is 4.74 Å². The quantitative estimate of drug-likeness (QED) is 0.433. The van der Waals surface area contributed by atoms with E-state index in [0.29, 0.717) is 18.5 Å². The van der Waals surface area contributed by atoms with E-state index in [-0.39, 0.29) is 0 Å². The molecule has 3 aromatic rings. The molecule has 0 amide bonds. The zero-order valence-electron chi connectivity index (χ0n) is 14.0. The lowest BCUT2D eigenvalue weighted by Gasteiger charge is -2.10. The number of hydrogen-bond acceptors (Lipinski definition) is 3. The Kier molecular flexibility index (Phi) is 4.62. The maximum atomic E-state index is 5.97. The largest absolute Gasteiger partial charge is 0.472 e. The van der Waals surface area contributed by atoms with Gasteiger partial charge in [-0.25, -0.2) is 4.98 Å². The van der Waals surface area contributed by atoms with Gasteiger partial charge < -0.3 is 4.74 Å². The van der Waals surface area contributed by atoms with Crippen molar-refractivity contribution in [1.29, 1.82) is 0 Å². The number of rotatable bonds is 4. The lowest BCUT2D eigenvalue weighted by atomic mass is 10.1. The van der Waals surface area contributed by atoms with Crippen molar-refractivity contribution in [3.8, 4) is 17.7 Å². The van der Waals surface area contributed by atoms with Crippen LogP contribution in [0.25, 0.3) is 10.9 Å². The molecule has 5 heteroatoms. The number of hydrogen-bond donors (Lipinski definition) is 0. The predicted molar refractivity (Wildman–Crippen MR) is 106 cm³/mol. The highest BCUT2D eigenvalue weighted by atomic mass is 127. The summed E-state index contributed by atoms with van der Waals surface area (Å²) in [6, 6.07) is 8.76. The van der Waals surface area contributed by atoms with Crippen LogP contribution in [0.1, 0.15) is 43.4 Å². The maximum absolute atomic E-state index is 5.97. The molecule has 2 heterocycles. The third kappa shape index (κ3) is 3.49. The van der Waals surface area contributed by atoms with Gasteiger partial charge >= 0.3 is 0 Å². The Morgan fingerprint density at radius 3 is 3.00 bits per heavy atom. The van der Waals surface area contributed by atoms with Gasteiger partial charge in [0, 0.05) is 29.1 Å². The molecule has 1 aliphatic carbocycles. The average molecular weight is 443 g/mol. The average Bonchev–Trinajstić information content (AvgIpc) is 3.39. The summed E-state index contributed by atoms with van der Waals surface area (Å²) in [5.74, 6) is 7.10. The van der Waals surface area contributed by atoms with Crippen LogP contribution < -0.4 is 4.74 Å². The van der Waals surface area contributed by atoms with Gasteiger partial charge in [-0.2, -0.15) is 5.10 Å². The molecule has 1 saturated carbocycles. The molecule has 0 unspecified atom stereocenters. The van der Waals surface area contributed by atoms with Gasteiger partial charge in [-0.15, -0.1) is 0 Å². The first-order valence-electron chi connectivity index (χ1n) is 8.48. The van der Waals surface area contributed by atoms with Gasteiger partial charge in [-0.05, 0) is 59.7 Å². The molecular formula is C20H18IN3O. The van der Waals surface area contributed by atoms with Gasteiger partial charge in [-0.3, -0.25) is 4.68 Å². The fraction of sp³-hybridized carbons (Fsp3) is 0.300. The summed E-state index contributed by atoms with van der Waals surface area (Å²) in [7, 11) is 0. The highest BCUT2D eigenvalue weighted by Crippen LogP contribution is 2.37. The molecule has 0 aliphatic heterocycles. The van der Waals surface area contributed by atoms with Crippen LogP contribution in [0.2, 0.25) is 0 Å². The predicted octanol–water partition coefficient (Wildman–Crippen LogP) is 4.71. The van der Waals surface area contributed by atoms with Crippen LogP contribution in [-0.4, -0.2) is 14.8 Å². The van der Waals surface area contributed by atoms with Gasteiger partial charge in [0.15, 0.2) is 0 Å². The summed E-state index contributed by atoms with van der Waals surface area (Å²) in [5, 5.41) is 5.71. The van der Waals surface area contributed by atoms with E-state index in [0.717, 1.165) is 26.5 Å². The summed E-state index contributed by atoms with van der Waals surface area (Å²) >= 11 is 2.24. The second-order valence-corrected chi connectivity index (χ2v) is 7.29. The van der Waals surface area contributed by atoms with E-state index >= 15 is 0 Å². The van der Waals surface area contributed by atoms with E-state index in [9.17, 15) is 0 Å². The molecule has 2 aromatic heterocycles. The Balaban J connectivity index is 1.71. The summed E-state index contributed by atoms with van der Waals surface area (Å²) in [4.78, 5) is 4.31. The second-order valence-electron chi connectivity index (χ2n) is 6.12. The minimum atomic E-state index is 0.451. The molecule has 1 fully saturated rings. The fourth-order valence-corrected chi connectivity index (χ4v) is 3.29. The number of benzene rings is 1. The molecule has 0 bridgehead atoms. The Labute approximate surface area is 160 Å². The number of ether oxygens (including phenoxy) is 1. The Bertz CT molecular complexity index is 980. The first kappa shape index (κ1) is 16.4. The van der Waals surface area contributed by atoms with Crippen molar-refractivity contribution in [2.75, 3.05) is 0 Å². The van der Waals surface area contributed by atoms with Gasteiger partial charge in [0.25, 0.3) is 0 Å². The number of aromatic nitrogens is 3. The second kappa shape index (κ2) is 7.04. The third-order valence-electron chi connectivity index (χ3n) is 4.20. The van der Waals surface area contributed by atoms with Gasteiger partial charge in [0.05, 0.1) is 21.3 Å². The van der Waals surface area contributed by atoms with Crippen LogP contribution in [0.5, 0.6) is 5.88 Å². The van der Waals surface area contributed by atoms with Crippen molar-refractivity contribution in [3.63, 3.8) is 0 Å². The van der Waals surface area contributed by atoms with Crippen molar-refractivity contribution in [2.24, 2.45) is 0 Å². The van der Waals surface area contributed by atoms with Crippen LogP contribution in [0.15, 0.2) is 36.7 Å². The van der Waals surface area contributed by atoms with Crippen LogP contribution in [-0.2, 0) is 6.61 Å². The van der Waals surface area contributed by atoms with E-state index in [1.54, 1.807) is 6.20 Å². The molecule has 0 N–H and O–H groups in total. The van der Waals surface area contributed by atoms with Gasteiger partial charge in [-0.1, -0.05) is 18.8 Å². The summed E-state index contributed by atoms with van der Waals surface area (Å²) in [5.41, 5.74) is 3.26. The fourth-order valence-electron chi connectivity index (χ4n) is 2.79. The highest BCUT2D eigenvalue weighted by molar-refractivity contribution is 14.1. The van der Waals surface area contributed by atoms with Gasteiger partial charge in [0.2, 0.25) is 5.88 Å². The monoisotopic (exact) mass is 443 g/mol. The Morgan fingerprint density at radius 2 is 2.24 bits per heavy atom. The molecule has 0 spiro atoms. The lowest BCUT2D eigenvalue weighted by molar-refractivity contribution is 0.291. The van der Waals surface area contributed by atoms with Gasteiger partial charge in [0.1, 0.15) is 6.61 Å². The van der Waals surface area contributed by atoms with E-state index in [2.05, 4.69) is 68.3 Å². The number of pyridine rings is 1. The number of fused-ring (bicyclic) bond motifs is 1. The van der Waals surface area contributed by atoms with Crippen molar-refractivity contribution >= 4 is 33.5 Å². The van der Waals surface area contributed by atoms with Crippen LogP contribution in [0.3, 0.4) is 0 Å². The maximum Gasteiger partial charge on any atom is 0.227 e. The number of nitrogens with zero attached hydrogens (tertiary/aromatic N) is 3. The molecule has 4 nitrogen and oxygen atoms in total. The lowest BCUT2D eigenvalue weighted by Crippen LogP contribution is -2.02. The molecule has 1 aliphatic rings. The molecule has 0 radical (unpaired) electrons. The molecule has 126 valence electrons. The zero-order chi connectivity index (χ0) is 17.2. The SMILES string of the molecule is CCC#Cc1cc2cnn(C3CC3)c2cc1COc1ncccc1I. The van der Waals surface area contributed by atoms with E-state index < -0.39 is 0 Å². The highest BCUT2D eigenvalue weighted by Gasteiger charge is 2.26. The van der Waals surface area contributed by atoms with E-state index in [1.807, 2.05) is 18.3 Å². The van der Waals surface area contributed by atoms with Crippen molar-refractivity contribution < 1.29 is 4.74 Å². The van der Waals surface area contributed by atoms with Crippen LogP contribution >= 0.6 is 22.6 Å². The molecule has 0 atom stereocenters. The van der Waals surface area contributed by atoms with E-state index in [1.165, 1.54) is 18.4 Å². The number of halogens is 1. The summed E-state index contributed by atoms with van der Waals surface area (Å²) in [6.45, 7) is 2.51. The Morgan fingerprint density at radius 1 is 1.36 bits per heavy atom. The van der Waals surface area contributed by atoms with Crippen molar-refractivity contribution in [3.05, 3.63) is 51.4 Å². The minimum Gasteiger partial charge on any atom is -0.472 e. The molecule has 4 rings (SSSR count). The van der Waals surface area contributed by atoms with Crippen molar-refractivity contribution in [1.82, 2.24) is 14.8 Å². The third-order valence-corrected chi connectivity index (χ3v) is 5.02. The topological polar surface area (TPSA) is 39.9 Å².